The van der Waals surface area contributed by atoms with Crippen LogP contribution >= 0.6 is 33.9 Å². The first-order valence-corrected chi connectivity index (χ1v) is 8.20. The Morgan fingerprint density at radius 3 is 2.67 bits per heavy atom. The molecule has 0 spiro atoms. The van der Waals surface area contributed by atoms with Gasteiger partial charge in [0, 0.05) is 25.0 Å². The van der Waals surface area contributed by atoms with E-state index < -0.39 is 0 Å². The zero-order valence-electron chi connectivity index (χ0n) is 10.9. The van der Waals surface area contributed by atoms with Crippen molar-refractivity contribution in [3.05, 3.63) is 19.9 Å². The van der Waals surface area contributed by atoms with E-state index in [-0.39, 0.29) is 5.91 Å². The first kappa shape index (κ1) is 14.3. The maximum atomic E-state index is 12.3. The topological polar surface area (TPSA) is 23.6 Å². The molecule has 0 aliphatic carbocycles. The number of thiophene rings is 1. The molecule has 1 aliphatic rings. The van der Waals surface area contributed by atoms with Crippen LogP contribution in [0.5, 0.6) is 0 Å². The lowest BCUT2D eigenvalue weighted by molar-refractivity contribution is 0.0678. The first-order valence-electron chi connectivity index (χ1n) is 6.24. The summed E-state index contributed by atoms with van der Waals surface area (Å²) >= 11 is 3.90. The second kappa shape index (κ2) is 6.34. The Bertz CT molecular complexity index is 411. The van der Waals surface area contributed by atoms with Crippen molar-refractivity contribution in [1.29, 1.82) is 0 Å². The van der Waals surface area contributed by atoms with Gasteiger partial charge in [-0.3, -0.25) is 4.79 Å². The van der Waals surface area contributed by atoms with Crippen LogP contribution in [0.25, 0.3) is 0 Å². The molecule has 1 aromatic rings. The minimum absolute atomic E-state index is 0.206. The Morgan fingerprint density at radius 1 is 1.50 bits per heavy atom. The molecule has 0 radical (unpaired) electrons. The predicted octanol–water partition coefficient (Wildman–Crippen LogP) is 2.77. The number of hydrogen-bond donors (Lipinski definition) is 0. The standard InChI is InChI=1S/C13H19IN2OS/c1-15(2)8-10-3-5-16(6-4-10)13(17)11-7-12(14)18-9-11/h7,9-10H,3-6,8H2,1-2H3. The number of halogens is 1. The zero-order chi connectivity index (χ0) is 13.1. The lowest BCUT2D eigenvalue weighted by Gasteiger charge is -2.33. The second-order valence-corrected chi connectivity index (χ2v) is 7.94. The summed E-state index contributed by atoms with van der Waals surface area (Å²) in [5, 5.41) is 1.97. The van der Waals surface area contributed by atoms with Gasteiger partial charge < -0.3 is 9.80 Å². The molecule has 5 heteroatoms. The van der Waals surface area contributed by atoms with E-state index in [9.17, 15) is 4.79 Å². The molecule has 2 heterocycles. The molecule has 18 heavy (non-hydrogen) atoms. The van der Waals surface area contributed by atoms with Crippen LogP contribution in [0.4, 0.5) is 0 Å². The van der Waals surface area contributed by atoms with Crippen LogP contribution in [0.15, 0.2) is 11.4 Å². The molecule has 1 amide bonds. The van der Waals surface area contributed by atoms with Crippen molar-refractivity contribution in [3.63, 3.8) is 0 Å². The monoisotopic (exact) mass is 378 g/mol. The average Bonchev–Trinajstić information content (AvgIpc) is 2.75. The molecule has 0 unspecified atom stereocenters. The summed E-state index contributed by atoms with van der Waals surface area (Å²) < 4.78 is 1.18. The van der Waals surface area contributed by atoms with Gasteiger partial charge in [0.2, 0.25) is 0 Å². The fourth-order valence-corrected chi connectivity index (χ4v) is 3.76. The summed E-state index contributed by atoms with van der Waals surface area (Å²) in [4.78, 5) is 16.5. The van der Waals surface area contributed by atoms with Gasteiger partial charge in [-0.05, 0) is 61.5 Å². The molecule has 0 atom stereocenters. The molecule has 1 fully saturated rings. The highest BCUT2D eigenvalue weighted by molar-refractivity contribution is 14.1. The van der Waals surface area contributed by atoms with Crippen molar-refractivity contribution in [2.45, 2.75) is 12.8 Å². The normalized spacial score (nSPS) is 17.4. The largest absolute Gasteiger partial charge is 0.339 e. The van der Waals surface area contributed by atoms with Crippen LogP contribution in [0.1, 0.15) is 23.2 Å². The van der Waals surface area contributed by atoms with Crippen molar-refractivity contribution in [2.75, 3.05) is 33.7 Å². The molecule has 1 aliphatic heterocycles. The van der Waals surface area contributed by atoms with Gasteiger partial charge in [0.1, 0.15) is 0 Å². The summed E-state index contributed by atoms with van der Waals surface area (Å²) in [5.74, 6) is 0.948. The highest BCUT2D eigenvalue weighted by Gasteiger charge is 2.24. The van der Waals surface area contributed by atoms with Gasteiger partial charge in [-0.25, -0.2) is 0 Å². The smallest absolute Gasteiger partial charge is 0.254 e. The van der Waals surface area contributed by atoms with Gasteiger partial charge in [0.15, 0.2) is 0 Å². The highest BCUT2D eigenvalue weighted by atomic mass is 127. The number of likely N-dealkylation sites (tertiary alicyclic amines) is 1. The molecule has 1 aromatic heterocycles. The summed E-state index contributed by atoms with van der Waals surface area (Å²) in [6, 6.07) is 1.99. The van der Waals surface area contributed by atoms with Crippen molar-refractivity contribution >= 4 is 39.8 Å². The number of piperidine rings is 1. The van der Waals surface area contributed by atoms with Crippen LogP contribution in [0, 0.1) is 8.80 Å². The Kier molecular flexibility index (Phi) is 5.03. The number of carbonyl (C=O) groups is 1. The van der Waals surface area contributed by atoms with Gasteiger partial charge in [-0.1, -0.05) is 0 Å². The van der Waals surface area contributed by atoms with Gasteiger partial charge in [0.05, 0.1) is 8.45 Å². The van der Waals surface area contributed by atoms with Crippen molar-refractivity contribution in [3.8, 4) is 0 Å². The molecule has 0 bridgehead atoms. The van der Waals surface area contributed by atoms with Gasteiger partial charge >= 0.3 is 0 Å². The van der Waals surface area contributed by atoms with Crippen LogP contribution in [0.2, 0.25) is 0 Å². The summed E-state index contributed by atoms with van der Waals surface area (Å²) in [6.07, 6.45) is 2.26. The lowest BCUT2D eigenvalue weighted by atomic mass is 9.96. The van der Waals surface area contributed by atoms with Crippen molar-refractivity contribution in [1.82, 2.24) is 9.80 Å². The van der Waals surface area contributed by atoms with E-state index in [0.29, 0.717) is 0 Å². The van der Waals surface area contributed by atoms with E-state index >= 15 is 0 Å². The molecule has 1 saturated heterocycles. The Labute approximate surface area is 126 Å². The number of hydrogen-bond acceptors (Lipinski definition) is 3. The SMILES string of the molecule is CN(C)CC1CCN(C(=O)c2csc(I)c2)CC1. The van der Waals surface area contributed by atoms with Gasteiger partial charge in [-0.2, -0.15) is 0 Å². The van der Waals surface area contributed by atoms with Crippen LogP contribution in [-0.4, -0.2) is 49.4 Å². The molecular weight excluding hydrogens is 359 g/mol. The fraction of sp³-hybridized carbons (Fsp3) is 0.615. The number of rotatable bonds is 3. The number of amides is 1. The van der Waals surface area contributed by atoms with E-state index in [1.807, 2.05) is 16.3 Å². The predicted molar refractivity (Wildman–Crippen MR) is 84.2 cm³/mol. The Hall–Kier alpha value is -0.140. The highest BCUT2D eigenvalue weighted by Crippen LogP contribution is 2.22. The molecular formula is C13H19IN2OS. The van der Waals surface area contributed by atoms with E-state index in [2.05, 4.69) is 41.6 Å². The third kappa shape index (κ3) is 3.68. The molecule has 100 valence electrons. The average molecular weight is 378 g/mol. The molecule has 0 saturated carbocycles. The molecule has 3 nitrogen and oxygen atoms in total. The maximum Gasteiger partial charge on any atom is 0.254 e. The quantitative estimate of drug-likeness (QED) is 0.756. The molecule has 0 aromatic carbocycles. The van der Waals surface area contributed by atoms with Gasteiger partial charge in [0.25, 0.3) is 5.91 Å². The summed E-state index contributed by atoms with van der Waals surface area (Å²) in [7, 11) is 4.23. The lowest BCUT2D eigenvalue weighted by Crippen LogP contribution is -2.40. The zero-order valence-corrected chi connectivity index (χ0v) is 13.8. The number of nitrogens with zero attached hydrogens (tertiary/aromatic N) is 2. The Balaban J connectivity index is 1.88. The molecule has 2 rings (SSSR count). The minimum atomic E-state index is 0.206. The van der Waals surface area contributed by atoms with Crippen molar-refractivity contribution in [2.24, 2.45) is 5.92 Å². The summed E-state index contributed by atoms with van der Waals surface area (Å²) in [5.41, 5.74) is 0.857. The van der Waals surface area contributed by atoms with Crippen LogP contribution in [0.3, 0.4) is 0 Å². The van der Waals surface area contributed by atoms with Crippen molar-refractivity contribution < 1.29 is 4.79 Å². The maximum absolute atomic E-state index is 12.3. The van der Waals surface area contributed by atoms with Crippen LogP contribution < -0.4 is 0 Å². The third-order valence-corrected chi connectivity index (χ3v) is 5.13. The fourth-order valence-electron chi connectivity index (χ4n) is 2.44. The minimum Gasteiger partial charge on any atom is -0.339 e. The first-order chi connectivity index (χ1) is 8.56. The summed E-state index contributed by atoms with van der Waals surface area (Å²) in [6.45, 7) is 2.95. The van der Waals surface area contributed by atoms with E-state index in [1.165, 1.54) is 2.88 Å². The van der Waals surface area contributed by atoms with Crippen LogP contribution in [-0.2, 0) is 0 Å². The Morgan fingerprint density at radius 2 is 2.17 bits per heavy atom. The van der Waals surface area contributed by atoms with Gasteiger partial charge in [-0.15, -0.1) is 11.3 Å². The second-order valence-electron chi connectivity index (χ2n) is 5.14. The molecule has 0 N–H and O–H groups in total. The third-order valence-electron chi connectivity index (χ3n) is 3.34. The van der Waals surface area contributed by atoms with E-state index in [1.54, 1.807) is 11.3 Å². The van der Waals surface area contributed by atoms with E-state index in [0.717, 1.165) is 44.0 Å². The number of carbonyl (C=O) groups excluding carboxylic acids is 1. The van der Waals surface area contributed by atoms with E-state index in [4.69, 9.17) is 0 Å².